The number of hydrogen-bond acceptors (Lipinski definition) is 3. The Kier molecular flexibility index (Phi) is 5.97. The molecule has 0 fully saturated rings. The highest BCUT2D eigenvalue weighted by Crippen LogP contribution is 2.20. The van der Waals surface area contributed by atoms with Crippen molar-refractivity contribution in [2.45, 2.75) is 32.7 Å². The molecule has 94 valence electrons. The molecule has 0 bridgehead atoms. The number of carbonyl (C=O) groups excluding carboxylic acids is 1. The van der Waals surface area contributed by atoms with Gasteiger partial charge in [0.25, 0.3) is 5.91 Å². The summed E-state index contributed by atoms with van der Waals surface area (Å²) in [5, 5.41) is 2.91. The molecule has 0 radical (unpaired) electrons. The van der Waals surface area contributed by atoms with Crippen LogP contribution in [0.15, 0.2) is 22.9 Å². The van der Waals surface area contributed by atoms with E-state index < -0.39 is 0 Å². The average molecular weight is 301 g/mol. The van der Waals surface area contributed by atoms with E-state index in [0.29, 0.717) is 10.4 Å². The van der Waals surface area contributed by atoms with Crippen molar-refractivity contribution in [3.8, 4) is 5.75 Å². The molecule has 17 heavy (non-hydrogen) atoms. The molecule has 4 nitrogen and oxygen atoms in total. The summed E-state index contributed by atoms with van der Waals surface area (Å²) in [4.78, 5) is 15.6. The Morgan fingerprint density at radius 2 is 2.24 bits per heavy atom. The van der Waals surface area contributed by atoms with Gasteiger partial charge in [0.15, 0.2) is 12.4 Å². The van der Waals surface area contributed by atoms with Crippen LogP contribution in [0.5, 0.6) is 5.75 Å². The second-order valence-corrected chi connectivity index (χ2v) is 4.41. The molecule has 5 heteroatoms. The highest BCUT2D eigenvalue weighted by Gasteiger charge is 2.09. The monoisotopic (exact) mass is 300 g/mol. The van der Waals surface area contributed by atoms with Crippen molar-refractivity contribution < 1.29 is 9.53 Å². The maximum atomic E-state index is 11.6. The number of amides is 1. The number of pyridine rings is 1. The zero-order valence-corrected chi connectivity index (χ0v) is 11.7. The van der Waals surface area contributed by atoms with Crippen molar-refractivity contribution in [1.29, 1.82) is 0 Å². The van der Waals surface area contributed by atoms with Crippen LogP contribution >= 0.6 is 15.9 Å². The van der Waals surface area contributed by atoms with Crippen molar-refractivity contribution in [3.63, 3.8) is 0 Å². The number of nitrogens with one attached hydrogen (secondary N) is 1. The summed E-state index contributed by atoms with van der Waals surface area (Å²) in [6.07, 6.45) is 3.51. The lowest BCUT2D eigenvalue weighted by atomic mass is 10.2. The summed E-state index contributed by atoms with van der Waals surface area (Å²) in [6.45, 7) is 4.11. The molecule has 0 aliphatic rings. The standard InChI is InChI=1S/C12H17BrN2O2/c1-3-9(4-2)15-11(16)8-17-10-6-5-7-14-12(10)13/h5-7,9H,3-4,8H2,1-2H3,(H,15,16). The average Bonchev–Trinajstić information content (AvgIpc) is 2.35. The minimum atomic E-state index is -0.102. The molecule has 0 aromatic carbocycles. The quantitative estimate of drug-likeness (QED) is 0.821. The van der Waals surface area contributed by atoms with Gasteiger partial charge in [0.2, 0.25) is 0 Å². The van der Waals surface area contributed by atoms with E-state index in [0.717, 1.165) is 12.8 Å². The number of carbonyl (C=O) groups is 1. The molecule has 0 aliphatic carbocycles. The number of nitrogens with zero attached hydrogens (tertiary/aromatic N) is 1. The SMILES string of the molecule is CCC(CC)NC(=O)COc1cccnc1Br. The maximum Gasteiger partial charge on any atom is 0.258 e. The Balaban J connectivity index is 2.41. The van der Waals surface area contributed by atoms with Gasteiger partial charge in [0.1, 0.15) is 4.60 Å². The van der Waals surface area contributed by atoms with Crippen LogP contribution in [0.3, 0.4) is 0 Å². The highest BCUT2D eigenvalue weighted by molar-refractivity contribution is 9.10. The predicted molar refractivity (Wildman–Crippen MR) is 69.9 cm³/mol. The summed E-state index contributed by atoms with van der Waals surface area (Å²) in [5.41, 5.74) is 0. The first-order valence-corrected chi connectivity index (χ1v) is 6.49. The number of aromatic nitrogens is 1. The minimum Gasteiger partial charge on any atom is -0.481 e. The number of hydrogen-bond donors (Lipinski definition) is 1. The summed E-state index contributed by atoms with van der Waals surface area (Å²) in [5.74, 6) is 0.474. The lowest BCUT2D eigenvalue weighted by molar-refractivity contribution is -0.123. The van der Waals surface area contributed by atoms with Crippen molar-refractivity contribution >= 4 is 21.8 Å². The second kappa shape index (κ2) is 7.27. The molecule has 1 heterocycles. The number of ether oxygens (including phenoxy) is 1. The summed E-state index contributed by atoms with van der Waals surface area (Å²) in [6, 6.07) is 3.75. The predicted octanol–water partition coefficient (Wildman–Crippen LogP) is 2.53. The molecule has 1 amide bonds. The van der Waals surface area contributed by atoms with Crippen LogP contribution in [0.2, 0.25) is 0 Å². The van der Waals surface area contributed by atoms with Gasteiger partial charge < -0.3 is 10.1 Å². The van der Waals surface area contributed by atoms with E-state index in [1.165, 1.54) is 0 Å². The molecule has 1 aromatic rings. The molecule has 0 spiro atoms. The fourth-order valence-electron chi connectivity index (χ4n) is 1.38. The van der Waals surface area contributed by atoms with Gasteiger partial charge in [-0.2, -0.15) is 0 Å². The zero-order chi connectivity index (χ0) is 12.7. The van der Waals surface area contributed by atoms with E-state index >= 15 is 0 Å². The maximum absolute atomic E-state index is 11.6. The Labute approximate surface area is 110 Å². The van der Waals surface area contributed by atoms with Crippen LogP contribution in [0.25, 0.3) is 0 Å². The molecule has 0 unspecified atom stereocenters. The molecule has 1 aromatic heterocycles. The smallest absolute Gasteiger partial charge is 0.258 e. The topological polar surface area (TPSA) is 51.2 Å². The van der Waals surface area contributed by atoms with Crippen molar-refractivity contribution in [1.82, 2.24) is 10.3 Å². The first kappa shape index (κ1) is 14.0. The number of halogens is 1. The third-order valence-corrected chi connectivity index (χ3v) is 3.03. The minimum absolute atomic E-state index is 0.0147. The van der Waals surface area contributed by atoms with Crippen LogP contribution in [0, 0.1) is 0 Å². The van der Waals surface area contributed by atoms with Gasteiger partial charge in [0.05, 0.1) is 0 Å². The Morgan fingerprint density at radius 3 is 2.82 bits per heavy atom. The first-order valence-electron chi connectivity index (χ1n) is 5.70. The molecular weight excluding hydrogens is 284 g/mol. The van der Waals surface area contributed by atoms with Crippen molar-refractivity contribution in [2.75, 3.05) is 6.61 Å². The zero-order valence-electron chi connectivity index (χ0n) is 10.1. The highest BCUT2D eigenvalue weighted by atomic mass is 79.9. The van der Waals surface area contributed by atoms with E-state index in [4.69, 9.17) is 4.74 Å². The molecule has 0 saturated carbocycles. The van der Waals surface area contributed by atoms with Gasteiger partial charge in [-0.15, -0.1) is 0 Å². The van der Waals surface area contributed by atoms with E-state index in [9.17, 15) is 4.79 Å². The molecule has 0 aliphatic heterocycles. The van der Waals surface area contributed by atoms with Crippen LogP contribution in [-0.4, -0.2) is 23.5 Å². The lowest BCUT2D eigenvalue weighted by Gasteiger charge is -2.15. The van der Waals surface area contributed by atoms with Gasteiger partial charge in [-0.1, -0.05) is 13.8 Å². The Morgan fingerprint density at radius 1 is 1.53 bits per heavy atom. The van der Waals surface area contributed by atoms with E-state index in [1.54, 1.807) is 18.3 Å². The van der Waals surface area contributed by atoms with Crippen LogP contribution < -0.4 is 10.1 Å². The first-order chi connectivity index (χ1) is 8.17. The molecule has 0 atom stereocenters. The fourth-order valence-corrected chi connectivity index (χ4v) is 1.75. The molecule has 1 rings (SSSR count). The van der Waals surface area contributed by atoms with Gasteiger partial charge in [-0.05, 0) is 40.9 Å². The molecule has 0 saturated heterocycles. The lowest BCUT2D eigenvalue weighted by Crippen LogP contribution is -2.37. The van der Waals surface area contributed by atoms with Gasteiger partial charge in [-0.25, -0.2) is 4.98 Å². The second-order valence-electron chi connectivity index (χ2n) is 3.66. The van der Waals surface area contributed by atoms with Crippen molar-refractivity contribution in [2.24, 2.45) is 0 Å². The van der Waals surface area contributed by atoms with Crippen LogP contribution in [-0.2, 0) is 4.79 Å². The van der Waals surface area contributed by atoms with Crippen molar-refractivity contribution in [3.05, 3.63) is 22.9 Å². The van der Waals surface area contributed by atoms with Gasteiger partial charge >= 0.3 is 0 Å². The Bertz CT molecular complexity index is 367. The summed E-state index contributed by atoms with van der Waals surface area (Å²) in [7, 11) is 0. The Hall–Kier alpha value is -1.10. The third-order valence-electron chi connectivity index (χ3n) is 2.43. The number of rotatable bonds is 6. The van der Waals surface area contributed by atoms with E-state index in [2.05, 4.69) is 26.2 Å². The van der Waals surface area contributed by atoms with E-state index in [-0.39, 0.29) is 18.6 Å². The van der Waals surface area contributed by atoms with E-state index in [1.807, 2.05) is 13.8 Å². The van der Waals surface area contributed by atoms with Crippen LogP contribution in [0.1, 0.15) is 26.7 Å². The van der Waals surface area contributed by atoms with Gasteiger partial charge in [-0.3, -0.25) is 4.79 Å². The fraction of sp³-hybridized carbons (Fsp3) is 0.500. The summed E-state index contributed by atoms with van der Waals surface area (Å²) >= 11 is 3.26. The molecular formula is C12H17BrN2O2. The van der Waals surface area contributed by atoms with Gasteiger partial charge in [0, 0.05) is 12.2 Å². The molecule has 1 N–H and O–H groups in total. The van der Waals surface area contributed by atoms with Crippen LogP contribution in [0.4, 0.5) is 0 Å². The third kappa shape index (κ3) is 4.73. The normalized spacial score (nSPS) is 10.4. The summed E-state index contributed by atoms with van der Waals surface area (Å²) < 4.78 is 5.97. The largest absolute Gasteiger partial charge is 0.481 e.